The lowest BCUT2D eigenvalue weighted by Crippen LogP contribution is -2.39. The van der Waals surface area contributed by atoms with E-state index in [9.17, 15) is 13.9 Å². The summed E-state index contributed by atoms with van der Waals surface area (Å²) in [7, 11) is 0. The van der Waals surface area contributed by atoms with E-state index >= 15 is 0 Å². The van der Waals surface area contributed by atoms with Gasteiger partial charge in [-0.1, -0.05) is 19.9 Å². The number of halogens is 2. The number of aliphatic hydroxyl groups excluding tert-OH is 1. The van der Waals surface area contributed by atoms with Crippen LogP contribution in [0.1, 0.15) is 38.4 Å². The smallest absolute Gasteiger partial charge is 0.159 e. The number of hydrogen-bond donors (Lipinski definition) is 1. The molecular formula is C17H25F2NO2. The van der Waals surface area contributed by atoms with Gasteiger partial charge in [-0.2, -0.15) is 0 Å². The molecule has 1 unspecified atom stereocenters. The van der Waals surface area contributed by atoms with E-state index in [0.717, 1.165) is 44.7 Å². The third-order valence-electron chi connectivity index (χ3n) is 3.96. The van der Waals surface area contributed by atoms with Gasteiger partial charge in [-0.15, -0.1) is 0 Å². The SMILES string of the molecule is CC(C)COC1CCN(CC(O)c2ccc(F)c(F)c2)CC1. The molecule has 0 radical (unpaired) electrons. The Kier molecular flexibility index (Phi) is 6.29. The van der Waals surface area contributed by atoms with Crippen molar-refractivity contribution in [3.05, 3.63) is 35.4 Å². The van der Waals surface area contributed by atoms with Crippen molar-refractivity contribution in [3.8, 4) is 0 Å². The highest BCUT2D eigenvalue weighted by Gasteiger charge is 2.22. The summed E-state index contributed by atoms with van der Waals surface area (Å²) in [5, 5.41) is 10.2. The Labute approximate surface area is 130 Å². The fourth-order valence-electron chi connectivity index (χ4n) is 2.66. The molecule has 5 heteroatoms. The number of piperidine rings is 1. The zero-order valence-electron chi connectivity index (χ0n) is 13.3. The molecule has 1 saturated heterocycles. The molecule has 1 aliphatic rings. The van der Waals surface area contributed by atoms with Gasteiger partial charge >= 0.3 is 0 Å². The van der Waals surface area contributed by atoms with Crippen molar-refractivity contribution in [2.75, 3.05) is 26.2 Å². The van der Waals surface area contributed by atoms with Crippen molar-refractivity contribution in [2.45, 2.75) is 38.9 Å². The minimum absolute atomic E-state index is 0.291. The van der Waals surface area contributed by atoms with Gasteiger partial charge in [0.25, 0.3) is 0 Å². The Bertz CT molecular complexity index is 474. The van der Waals surface area contributed by atoms with Gasteiger partial charge in [0.2, 0.25) is 0 Å². The van der Waals surface area contributed by atoms with Gasteiger partial charge in [-0.25, -0.2) is 8.78 Å². The number of benzene rings is 1. The van der Waals surface area contributed by atoms with Crippen LogP contribution >= 0.6 is 0 Å². The molecule has 1 heterocycles. The lowest BCUT2D eigenvalue weighted by molar-refractivity contribution is -0.0124. The van der Waals surface area contributed by atoms with Gasteiger partial charge < -0.3 is 14.7 Å². The van der Waals surface area contributed by atoms with Crippen LogP contribution in [0.2, 0.25) is 0 Å². The first kappa shape index (κ1) is 17.3. The van der Waals surface area contributed by atoms with Gasteiger partial charge in [0.05, 0.1) is 12.2 Å². The van der Waals surface area contributed by atoms with Crippen molar-refractivity contribution in [3.63, 3.8) is 0 Å². The first-order valence-electron chi connectivity index (χ1n) is 7.92. The second-order valence-electron chi connectivity index (χ2n) is 6.42. The number of β-amino-alcohol motifs (C(OH)–C–C–N with tert-alkyl or cyclic N) is 1. The summed E-state index contributed by atoms with van der Waals surface area (Å²) in [6.45, 7) is 7.18. The van der Waals surface area contributed by atoms with Gasteiger partial charge in [0.1, 0.15) is 0 Å². The Morgan fingerprint density at radius 3 is 2.50 bits per heavy atom. The Balaban J connectivity index is 1.79. The van der Waals surface area contributed by atoms with E-state index in [-0.39, 0.29) is 0 Å². The number of nitrogens with zero attached hydrogens (tertiary/aromatic N) is 1. The van der Waals surface area contributed by atoms with Gasteiger partial charge in [-0.05, 0) is 36.5 Å². The maximum absolute atomic E-state index is 13.2. The first-order valence-corrected chi connectivity index (χ1v) is 7.92. The minimum Gasteiger partial charge on any atom is -0.387 e. The predicted octanol–water partition coefficient (Wildman–Crippen LogP) is 3.14. The molecule has 0 amide bonds. The van der Waals surface area contributed by atoms with Crippen molar-refractivity contribution in [1.29, 1.82) is 0 Å². The highest BCUT2D eigenvalue weighted by molar-refractivity contribution is 5.20. The lowest BCUT2D eigenvalue weighted by Gasteiger charge is -2.33. The predicted molar refractivity (Wildman–Crippen MR) is 81.6 cm³/mol. The quantitative estimate of drug-likeness (QED) is 0.876. The zero-order chi connectivity index (χ0) is 16.1. The third-order valence-corrected chi connectivity index (χ3v) is 3.96. The largest absolute Gasteiger partial charge is 0.387 e. The van der Waals surface area contributed by atoms with E-state index in [0.29, 0.717) is 24.1 Å². The van der Waals surface area contributed by atoms with Crippen molar-refractivity contribution in [1.82, 2.24) is 4.90 Å². The summed E-state index contributed by atoms with van der Waals surface area (Å²) >= 11 is 0. The van der Waals surface area contributed by atoms with E-state index in [2.05, 4.69) is 18.7 Å². The molecule has 0 spiro atoms. The van der Waals surface area contributed by atoms with Crippen molar-refractivity contribution < 1.29 is 18.6 Å². The van der Waals surface area contributed by atoms with E-state index in [1.54, 1.807) is 0 Å². The minimum atomic E-state index is -0.919. The van der Waals surface area contributed by atoms with Crippen LogP contribution in [-0.4, -0.2) is 42.4 Å². The fraction of sp³-hybridized carbons (Fsp3) is 0.647. The highest BCUT2D eigenvalue weighted by Crippen LogP contribution is 2.20. The molecule has 2 rings (SSSR count). The molecule has 0 saturated carbocycles. The van der Waals surface area contributed by atoms with Crippen LogP contribution in [0.3, 0.4) is 0 Å². The Morgan fingerprint density at radius 2 is 1.91 bits per heavy atom. The summed E-state index contributed by atoms with van der Waals surface area (Å²) in [5.74, 6) is -1.27. The molecule has 1 aromatic rings. The topological polar surface area (TPSA) is 32.7 Å². The molecule has 1 N–H and O–H groups in total. The summed E-state index contributed by atoms with van der Waals surface area (Å²) in [5.41, 5.74) is 0.414. The third kappa shape index (κ3) is 5.00. The summed E-state index contributed by atoms with van der Waals surface area (Å²) < 4.78 is 31.9. The molecule has 22 heavy (non-hydrogen) atoms. The lowest BCUT2D eigenvalue weighted by atomic mass is 10.0. The molecule has 0 aromatic heterocycles. The number of aliphatic hydroxyl groups is 1. The summed E-state index contributed by atoms with van der Waals surface area (Å²) in [6.07, 6.45) is 1.37. The maximum Gasteiger partial charge on any atom is 0.159 e. The van der Waals surface area contributed by atoms with E-state index < -0.39 is 17.7 Å². The summed E-state index contributed by atoms with van der Waals surface area (Å²) in [6, 6.07) is 3.56. The zero-order valence-corrected chi connectivity index (χ0v) is 13.3. The van der Waals surface area contributed by atoms with Gasteiger partial charge in [0.15, 0.2) is 11.6 Å². The Morgan fingerprint density at radius 1 is 1.23 bits per heavy atom. The molecule has 124 valence electrons. The van der Waals surface area contributed by atoms with Crippen molar-refractivity contribution in [2.24, 2.45) is 5.92 Å². The highest BCUT2D eigenvalue weighted by atomic mass is 19.2. The maximum atomic E-state index is 13.2. The van der Waals surface area contributed by atoms with Crippen molar-refractivity contribution >= 4 is 0 Å². The van der Waals surface area contributed by atoms with E-state index in [4.69, 9.17) is 4.74 Å². The van der Waals surface area contributed by atoms with E-state index in [1.165, 1.54) is 6.07 Å². The first-order chi connectivity index (χ1) is 10.5. The van der Waals surface area contributed by atoms with Crippen LogP contribution in [-0.2, 0) is 4.74 Å². The molecule has 1 aromatic carbocycles. The number of ether oxygens (including phenoxy) is 1. The molecule has 0 bridgehead atoms. The van der Waals surface area contributed by atoms with Gasteiger partial charge in [-0.3, -0.25) is 0 Å². The standard InChI is InChI=1S/C17H25F2NO2/c1-12(2)11-22-14-5-7-20(8-6-14)10-17(21)13-3-4-15(18)16(19)9-13/h3-4,9,12,14,17,21H,5-8,10-11H2,1-2H3. The summed E-state index contributed by atoms with van der Waals surface area (Å²) in [4.78, 5) is 2.14. The van der Waals surface area contributed by atoms with Crippen LogP contribution in [0.15, 0.2) is 18.2 Å². The normalized spacial score (nSPS) is 18.8. The second-order valence-corrected chi connectivity index (χ2v) is 6.42. The van der Waals surface area contributed by atoms with Crippen LogP contribution in [0.4, 0.5) is 8.78 Å². The van der Waals surface area contributed by atoms with Crippen LogP contribution in [0.5, 0.6) is 0 Å². The van der Waals surface area contributed by atoms with Crippen LogP contribution in [0.25, 0.3) is 0 Å². The molecule has 1 fully saturated rings. The average Bonchev–Trinajstić information content (AvgIpc) is 2.49. The molecular weight excluding hydrogens is 288 g/mol. The fourth-order valence-corrected chi connectivity index (χ4v) is 2.66. The second kappa shape index (κ2) is 7.99. The average molecular weight is 313 g/mol. The Hall–Kier alpha value is -1.04. The van der Waals surface area contributed by atoms with Crippen LogP contribution in [0, 0.1) is 17.6 Å². The molecule has 3 nitrogen and oxygen atoms in total. The molecule has 0 aliphatic carbocycles. The number of hydrogen-bond acceptors (Lipinski definition) is 3. The van der Waals surface area contributed by atoms with Crippen LogP contribution < -0.4 is 0 Å². The molecule has 1 aliphatic heterocycles. The van der Waals surface area contributed by atoms with E-state index in [1.807, 2.05) is 0 Å². The number of rotatable bonds is 6. The monoisotopic (exact) mass is 313 g/mol. The van der Waals surface area contributed by atoms with Gasteiger partial charge in [0, 0.05) is 26.2 Å². The molecule has 1 atom stereocenters. The number of likely N-dealkylation sites (tertiary alicyclic amines) is 1.